The Morgan fingerprint density at radius 3 is 0.625 bits per heavy atom. The van der Waals surface area contributed by atoms with Gasteiger partial charge in [-0.3, -0.25) is 9.59 Å². The van der Waals surface area contributed by atoms with Crippen molar-refractivity contribution in [3.8, 4) is 0 Å². The zero-order valence-electron chi connectivity index (χ0n) is 31.2. The first-order chi connectivity index (χ1) is 23.6. The van der Waals surface area contributed by atoms with E-state index in [9.17, 15) is 9.59 Å². The van der Waals surface area contributed by atoms with Crippen LogP contribution in [0.15, 0.2) is 0 Å². The number of rotatable bonds is 43. The number of carboxylic acids is 2. The van der Waals surface area contributed by atoms with E-state index in [0.29, 0.717) is 12.8 Å². The maximum Gasteiger partial charge on any atom is 0.303 e. The lowest BCUT2D eigenvalue weighted by Gasteiger charge is -2.04. The van der Waals surface area contributed by atoms with Gasteiger partial charge in [0, 0.05) is 24.3 Å². The number of hydrogen-bond acceptors (Lipinski definition) is 6. The van der Waals surface area contributed by atoms with Gasteiger partial charge < -0.3 is 10.2 Å². The maximum atomic E-state index is 10.5. The summed E-state index contributed by atoms with van der Waals surface area (Å²) in [5, 5.41) is 17.3. The Kier molecular flexibility index (Phi) is 43.8. The molecule has 0 aliphatic rings. The van der Waals surface area contributed by atoms with Crippen molar-refractivity contribution in [2.75, 3.05) is 11.5 Å². The Morgan fingerprint density at radius 1 is 0.271 bits per heavy atom. The van der Waals surface area contributed by atoms with Crippen molar-refractivity contribution in [3.63, 3.8) is 0 Å². The number of hydrogen-bond donors (Lipinski definition) is 2. The zero-order valence-corrected chi connectivity index (χ0v) is 34.5. The van der Waals surface area contributed by atoms with Gasteiger partial charge >= 0.3 is 11.9 Å². The predicted octanol–water partition coefficient (Wildman–Crippen LogP) is 15.9. The fourth-order valence-electron chi connectivity index (χ4n) is 6.29. The first-order valence-electron chi connectivity index (χ1n) is 20.6. The molecule has 0 aliphatic heterocycles. The van der Waals surface area contributed by atoms with Crippen LogP contribution in [0.4, 0.5) is 0 Å². The Balaban J connectivity index is 3.05. The lowest BCUT2D eigenvalue weighted by molar-refractivity contribution is -0.138. The Bertz CT molecular complexity index is 599. The molecular formula is C40H78O4S4. The van der Waals surface area contributed by atoms with E-state index in [1.807, 2.05) is 19.7 Å². The molecule has 0 aromatic carbocycles. The summed E-state index contributed by atoms with van der Waals surface area (Å²) in [6.45, 7) is 0. The van der Waals surface area contributed by atoms with E-state index >= 15 is 0 Å². The summed E-state index contributed by atoms with van der Waals surface area (Å²) in [6, 6.07) is 0. The van der Waals surface area contributed by atoms with Crippen LogP contribution in [0.2, 0.25) is 0 Å². The van der Waals surface area contributed by atoms with Gasteiger partial charge in [-0.05, 0) is 45.3 Å². The first-order valence-corrected chi connectivity index (χ1v) is 25.8. The molecule has 0 aromatic heterocycles. The molecule has 286 valence electrons. The van der Waals surface area contributed by atoms with Crippen molar-refractivity contribution in [1.29, 1.82) is 0 Å². The van der Waals surface area contributed by atoms with E-state index in [4.69, 9.17) is 10.2 Å². The van der Waals surface area contributed by atoms with Gasteiger partial charge in [-0.15, -0.1) is 0 Å². The van der Waals surface area contributed by atoms with Crippen LogP contribution in [0.3, 0.4) is 0 Å². The van der Waals surface area contributed by atoms with E-state index < -0.39 is 11.9 Å². The quantitative estimate of drug-likeness (QED) is 0.0471. The van der Waals surface area contributed by atoms with E-state index in [-0.39, 0.29) is 0 Å². The summed E-state index contributed by atoms with van der Waals surface area (Å²) in [4.78, 5) is 21.0. The molecule has 0 saturated heterocycles. The molecular weight excluding hydrogens is 673 g/mol. The Morgan fingerprint density at radius 2 is 0.438 bits per heavy atom. The second-order valence-electron chi connectivity index (χ2n) is 14.1. The molecule has 0 saturated carbocycles. The summed E-state index contributed by atoms with van der Waals surface area (Å²) in [5.41, 5.74) is 0. The highest BCUT2D eigenvalue weighted by molar-refractivity contribution is 9.26. The van der Waals surface area contributed by atoms with Crippen molar-refractivity contribution < 1.29 is 19.8 Å². The summed E-state index contributed by atoms with van der Waals surface area (Å²) in [6.07, 6.45) is 46.0. The summed E-state index contributed by atoms with van der Waals surface area (Å²) < 4.78 is 0. The summed E-state index contributed by atoms with van der Waals surface area (Å²) in [5.74, 6) is 1.31. The number of carbonyl (C=O) groups is 2. The molecule has 4 nitrogen and oxygen atoms in total. The molecule has 0 heterocycles. The molecule has 8 heteroatoms. The standard InChI is InChI=1S/C40H78O4S4/c41-39(42)35-31-27-23-19-15-11-7-3-1-5-9-13-17-21-25-29-33-37-45-47-48-46-38-34-30-26-22-18-14-10-6-2-4-8-12-16-20-24-28-32-36-40(43)44/h1-38H2,(H,41,42)(H,43,44). The zero-order chi connectivity index (χ0) is 34.9. The second kappa shape index (κ2) is 43.5. The molecule has 0 fully saturated rings. The van der Waals surface area contributed by atoms with Crippen molar-refractivity contribution in [1.82, 2.24) is 0 Å². The first kappa shape index (κ1) is 48.3. The van der Waals surface area contributed by atoms with Gasteiger partial charge in [-0.1, -0.05) is 214 Å². The number of unbranched alkanes of at least 4 members (excludes halogenated alkanes) is 32. The topological polar surface area (TPSA) is 74.6 Å². The molecule has 0 amide bonds. The van der Waals surface area contributed by atoms with E-state index in [1.54, 1.807) is 0 Å². The van der Waals surface area contributed by atoms with Crippen molar-refractivity contribution in [2.45, 2.75) is 231 Å². The van der Waals surface area contributed by atoms with Gasteiger partial charge in [-0.2, -0.15) is 0 Å². The van der Waals surface area contributed by atoms with Crippen molar-refractivity contribution in [2.24, 2.45) is 0 Å². The maximum absolute atomic E-state index is 10.5. The van der Waals surface area contributed by atoms with Crippen LogP contribution in [0.25, 0.3) is 0 Å². The Labute approximate surface area is 314 Å². The molecule has 0 aliphatic carbocycles. The third-order valence-corrected chi connectivity index (χ3v) is 16.0. The molecule has 0 unspecified atom stereocenters. The summed E-state index contributed by atoms with van der Waals surface area (Å²) in [7, 11) is 8.11. The molecule has 0 rings (SSSR count). The fourth-order valence-corrected chi connectivity index (χ4v) is 12.5. The molecule has 48 heavy (non-hydrogen) atoms. The minimum Gasteiger partial charge on any atom is -0.481 e. The van der Waals surface area contributed by atoms with Gasteiger partial charge in [0.2, 0.25) is 0 Å². The van der Waals surface area contributed by atoms with Crippen LogP contribution >= 0.6 is 41.2 Å². The third kappa shape index (κ3) is 46.3. The van der Waals surface area contributed by atoms with Gasteiger partial charge in [0.25, 0.3) is 0 Å². The Hall–Kier alpha value is 0.340. The minimum atomic E-state index is -0.654. The normalized spacial score (nSPS) is 11.4. The van der Waals surface area contributed by atoms with Gasteiger partial charge in [-0.25, -0.2) is 0 Å². The van der Waals surface area contributed by atoms with Crippen molar-refractivity contribution in [3.05, 3.63) is 0 Å². The SMILES string of the molecule is O=C(O)CCCCCCCCCCCCCCCCCCCSSSSCCCCCCCCCCCCCCCCCCCC(=O)O. The highest BCUT2D eigenvalue weighted by atomic mass is 33.7. The van der Waals surface area contributed by atoms with E-state index in [2.05, 4.69) is 21.6 Å². The van der Waals surface area contributed by atoms with Gasteiger partial charge in [0.1, 0.15) is 0 Å². The third-order valence-electron chi connectivity index (χ3n) is 9.36. The van der Waals surface area contributed by atoms with Gasteiger partial charge in [0.05, 0.1) is 0 Å². The fraction of sp³-hybridized carbons (Fsp3) is 0.950. The monoisotopic (exact) mass is 750 g/mol. The van der Waals surface area contributed by atoms with E-state index in [0.717, 1.165) is 25.7 Å². The average Bonchev–Trinajstić information content (AvgIpc) is 3.06. The number of carboxylic acid groups (broad SMARTS) is 2. The lowest BCUT2D eigenvalue weighted by atomic mass is 10.0. The average molecular weight is 751 g/mol. The van der Waals surface area contributed by atoms with Crippen LogP contribution in [-0.4, -0.2) is 33.7 Å². The number of aliphatic carboxylic acids is 2. The molecule has 0 radical (unpaired) electrons. The predicted molar refractivity (Wildman–Crippen MR) is 222 cm³/mol. The highest BCUT2D eigenvalue weighted by Crippen LogP contribution is 2.43. The van der Waals surface area contributed by atoms with Crippen LogP contribution < -0.4 is 0 Å². The molecule has 0 atom stereocenters. The largest absolute Gasteiger partial charge is 0.481 e. The molecule has 0 spiro atoms. The lowest BCUT2D eigenvalue weighted by Crippen LogP contribution is -1.93. The van der Waals surface area contributed by atoms with E-state index in [1.165, 1.54) is 204 Å². The molecule has 0 aromatic rings. The minimum absolute atomic E-state index is 0.339. The highest BCUT2D eigenvalue weighted by Gasteiger charge is 2.00. The second-order valence-corrected chi connectivity index (χ2v) is 20.3. The van der Waals surface area contributed by atoms with Crippen molar-refractivity contribution >= 4 is 53.2 Å². The van der Waals surface area contributed by atoms with Crippen LogP contribution in [0.1, 0.15) is 231 Å². The van der Waals surface area contributed by atoms with Crippen LogP contribution in [0, 0.1) is 0 Å². The van der Waals surface area contributed by atoms with Crippen LogP contribution in [-0.2, 0) is 9.59 Å². The van der Waals surface area contributed by atoms with Crippen LogP contribution in [0.5, 0.6) is 0 Å². The van der Waals surface area contributed by atoms with Gasteiger partial charge in [0.15, 0.2) is 0 Å². The summed E-state index contributed by atoms with van der Waals surface area (Å²) >= 11 is 0. The molecule has 0 bridgehead atoms. The molecule has 2 N–H and O–H groups in total. The smallest absolute Gasteiger partial charge is 0.303 e.